The standard InChI is InChI=1S/C11H14FN3/c1-11(2,3)8-6-13-10-4-9(5-12)14-15(10)7-8/h4,6-7H,5H2,1-3H3. The molecule has 0 aliphatic carbocycles. The van der Waals surface area contributed by atoms with Gasteiger partial charge in [0.25, 0.3) is 0 Å². The van der Waals surface area contributed by atoms with E-state index in [-0.39, 0.29) is 5.41 Å². The number of nitrogens with zero attached hydrogens (tertiary/aromatic N) is 3. The second-order valence-electron chi connectivity index (χ2n) is 4.66. The summed E-state index contributed by atoms with van der Waals surface area (Å²) in [4.78, 5) is 4.25. The van der Waals surface area contributed by atoms with Gasteiger partial charge in [-0.3, -0.25) is 0 Å². The molecule has 0 N–H and O–H groups in total. The van der Waals surface area contributed by atoms with Gasteiger partial charge in [-0.05, 0) is 11.0 Å². The molecule has 0 saturated heterocycles. The molecule has 80 valence electrons. The lowest BCUT2D eigenvalue weighted by atomic mass is 9.89. The summed E-state index contributed by atoms with van der Waals surface area (Å²) in [6.07, 6.45) is 3.72. The second-order valence-corrected chi connectivity index (χ2v) is 4.66. The summed E-state index contributed by atoms with van der Waals surface area (Å²) in [5, 5.41) is 4.08. The van der Waals surface area contributed by atoms with Gasteiger partial charge in [0.15, 0.2) is 5.65 Å². The molecule has 0 bridgehead atoms. The van der Waals surface area contributed by atoms with Crippen LogP contribution in [0.15, 0.2) is 18.5 Å². The molecule has 2 heterocycles. The van der Waals surface area contributed by atoms with Crippen molar-refractivity contribution in [2.45, 2.75) is 32.9 Å². The largest absolute Gasteiger partial charge is 0.244 e. The van der Waals surface area contributed by atoms with Gasteiger partial charge in [-0.1, -0.05) is 20.8 Å². The quantitative estimate of drug-likeness (QED) is 0.719. The molecule has 0 aliphatic heterocycles. The molecule has 0 saturated carbocycles. The summed E-state index contributed by atoms with van der Waals surface area (Å²) in [7, 11) is 0. The van der Waals surface area contributed by atoms with Crippen LogP contribution in [-0.4, -0.2) is 14.6 Å². The van der Waals surface area contributed by atoms with Gasteiger partial charge in [0.05, 0.1) is 5.69 Å². The van der Waals surface area contributed by atoms with Crippen molar-refractivity contribution in [3.05, 3.63) is 29.7 Å². The Labute approximate surface area is 87.9 Å². The van der Waals surface area contributed by atoms with Gasteiger partial charge in [-0.25, -0.2) is 13.9 Å². The van der Waals surface area contributed by atoms with Crippen LogP contribution in [0.1, 0.15) is 32.0 Å². The molecule has 0 aromatic carbocycles. The van der Waals surface area contributed by atoms with E-state index >= 15 is 0 Å². The zero-order valence-electron chi connectivity index (χ0n) is 9.16. The Bertz CT molecular complexity index is 482. The molecule has 0 spiro atoms. The van der Waals surface area contributed by atoms with E-state index in [0.717, 1.165) is 5.56 Å². The average molecular weight is 207 g/mol. The minimum atomic E-state index is -0.547. The molecule has 0 atom stereocenters. The first-order valence-corrected chi connectivity index (χ1v) is 4.91. The predicted octanol–water partition coefficient (Wildman–Crippen LogP) is 2.50. The summed E-state index contributed by atoms with van der Waals surface area (Å²) in [5.74, 6) is 0. The molecule has 0 amide bonds. The number of hydrogen-bond donors (Lipinski definition) is 0. The molecule has 0 radical (unpaired) electrons. The number of hydrogen-bond acceptors (Lipinski definition) is 2. The minimum absolute atomic E-state index is 0.0308. The molecule has 3 nitrogen and oxygen atoms in total. The lowest BCUT2D eigenvalue weighted by Crippen LogP contribution is -2.12. The minimum Gasteiger partial charge on any atom is -0.244 e. The summed E-state index contributed by atoms with van der Waals surface area (Å²) in [6, 6.07) is 1.66. The Morgan fingerprint density at radius 3 is 2.73 bits per heavy atom. The van der Waals surface area contributed by atoms with Gasteiger partial charge in [0, 0.05) is 18.5 Å². The van der Waals surface area contributed by atoms with Crippen LogP contribution in [0.3, 0.4) is 0 Å². The van der Waals surface area contributed by atoms with Gasteiger partial charge in [-0.2, -0.15) is 5.10 Å². The first-order chi connectivity index (χ1) is 7.00. The molecule has 0 aliphatic rings. The molecular formula is C11H14FN3. The molecular weight excluding hydrogens is 193 g/mol. The van der Waals surface area contributed by atoms with Gasteiger partial charge < -0.3 is 0 Å². The lowest BCUT2D eigenvalue weighted by molar-refractivity contribution is 0.474. The van der Waals surface area contributed by atoms with Crippen molar-refractivity contribution in [2.75, 3.05) is 0 Å². The van der Waals surface area contributed by atoms with Crippen molar-refractivity contribution in [2.24, 2.45) is 0 Å². The zero-order chi connectivity index (χ0) is 11.1. The topological polar surface area (TPSA) is 30.2 Å². The van der Waals surface area contributed by atoms with Crippen LogP contribution in [-0.2, 0) is 12.1 Å². The van der Waals surface area contributed by atoms with Crippen molar-refractivity contribution in [1.82, 2.24) is 14.6 Å². The Hall–Kier alpha value is -1.45. The second kappa shape index (κ2) is 3.29. The Morgan fingerprint density at radius 1 is 1.40 bits per heavy atom. The van der Waals surface area contributed by atoms with Crippen LogP contribution in [0.4, 0.5) is 4.39 Å². The monoisotopic (exact) mass is 207 g/mol. The fourth-order valence-corrected chi connectivity index (χ4v) is 1.38. The highest BCUT2D eigenvalue weighted by atomic mass is 19.1. The Kier molecular flexibility index (Phi) is 2.21. The first-order valence-electron chi connectivity index (χ1n) is 4.91. The van der Waals surface area contributed by atoms with E-state index in [0.29, 0.717) is 11.3 Å². The fraction of sp³-hybridized carbons (Fsp3) is 0.455. The van der Waals surface area contributed by atoms with Gasteiger partial charge in [0.1, 0.15) is 6.67 Å². The highest BCUT2D eigenvalue weighted by Gasteiger charge is 2.15. The van der Waals surface area contributed by atoms with Crippen molar-refractivity contribution in [1.29, 1.82) is 0 Å². The maximum atomic E-state index is 12.4. The van der Waals surface area contributed by atoms with Gasteiger partial charge in [-0.15, -0.1) is 0 Å². The van der Waals surface area contributed by atoms with E-state index < -0.39 is 6.67 Å². The summed E-state index contributed by atoms with van der Waals surface area (Å²) in [5.41, 5.74) is 2.23. The third-order valence-electron chi connectivity index (χ3n) is 2.37. The van der Waals surface area contributed by atoms with Gasteiger partial charge in [0.2, 0.25) is 0 Å². The first kappa shape index (κ1) is 10.1. The van der Waals surface area contributed by atoms with E-state index in [1.165, 1.54) is 0 Å². The van der Waals surface area contributed by atoms with Crippen LogP contribution in [0.2, 0.25) is 0 Å². The summed E-state index contributed by atoms with van der Waals surface area (Å²) >= 11 is 0. The van der Waals surface area contributed by atoms with Crippen LogP contribution in [0.25, 0.3) is 5.65 Å². The van der Waals surface area contributed by atoms with Crippen LogP contribution in [0, 0.1) is 0 Å². The Morgan fingerprint density at radius 2 is 2.13 bits per heavy atom. The molecule has 0 unspecified atom stereocenters. The van der Waals surface area contributed by atoms with E-state index in [2.05, 4.69) is 30.9 Å². The summed E-state index contributed by atoms with van der Waals surface area (Å²) < 4.78 is 14.0. The maximum Gasteiger partial charge on any atom is 0.155 e. The highest BCUT2D eigenvalue weighted by Crippen LogP contribution is 2.21. The average Bonchev–Trinajstić information content (AvgIpc) is 2.57. The van der Waals surface area contributed by atoms with Crippen molar-refractivity contribution >= 4 is 5.65 Å². The normalized spacial score (nSPS) is 12.3. The van der Waals surface area contributed by atoms with E-state index in [1.54, 1.807) is 10.6 Å². The third-order valence-corrected chi connectivity index (χ3v) is 2.37. The fourth-order valence-electron chi connectivity index (χ4n) is 1.38. The van der Waals surface area contributed by atoms with Crippen molar-refractivity contribution in [3.8, 4) is 0 Å². The molecule has 15 heavy (non-hydrogen) atoms. The van der Waals surface area contributed by atoms with Crippen molar-refractivity contribution in [3.63, 3.8) is 0 Å². The number of alkyl halides is 1. The van der Waals surface area contributed by atoms with Crippen molar-refractivity contribution < 1.29 is 4.39 Å². The molecule has 0 fully saturated rings. The van der Waals surface area contributed by atoms with Crippen LogP contribution in [0.5, 0.6) is 0 Å². The number of fused-ring (bicyclic) bond motifs is 1. The molecule has 2 aromatic heterocycles. The maximum absolute atomic E-state index is 12.4. The van der Waals surface area contributed by atoms with E-state index in [1.807, 2.05) is 12.4 Å². The van der Waals surface area contributed by atoms with Gasteiger partial charge >= 0.3 is 0 Å². The molecule has 2 aromatic rings. The zero-order valence-corrected chi connectivity index (χ0v) is 9.16. The number of halogens is 1. The van der Waals surface area contributed by atoms with Crippen LogP contribution >= 0.6 is 0 Å². The number of rotatable bonds is 1. The smallest absolute Gasteiger partial charge is 0.155 e. The molecule has 2 rings (SSSR count). The highest BCUT2D eigenvalue weighted by molar-refractivity contribution is 5.40. The molecule has 4 heteroatoms. The Balaban J connectivity index is 2.55. The SMILES string of the molecule is CC(C)(C)c1cnc2cc(CF)nn2c1. The van der Waals surface area contributed by atoms with Crippen LogP contribution < -0.4 is 0 Å². The lowest BCUT2D eigenvalue weighted by Gasteiger charge is -2.17. The third kappa shape index (κ3) is 1.84. The van der Waals surface area contributed by atoms with E-state index in [4.69, 9.17) is 0 Å². The van der Waals surface area contributed by atoms with E-state index in [9.17, 15) is 4.39 Å². The number of aromatic nitrogens is 3. The summed E-state index contributed by atoms with van der Waals surface area (Å²) in [6.45, 7) is 5.77. The predicted molar refractivity (Wildman–Crippen MR) is 56.5 cm³/mol.